The third-order valence-corrected chi connectivity index (χ3v) is 9.79. The number of imide groups is 1. The number of amides is 2. The molecule has 9 rings (SSSR count). The quantitative estimate of drug-likeness (QED) is 0.136. The van der Waals surface area contributed by atoms with E-state index < -0.39 is 0 Å². The molecule has 52 heavy (non-hydrogen) atoms. The van der Waals surface area contributed by atoms with Gasteiger partial charge in [0.1, 0.15) is 0 Å². The molecule has 0 unspecified atom stereocenters. The molecule has 0 N–H and O–H groups in total. The zero-order chi connectivity index (χ0) is 35.3. The van der Waals surface area contributed by atoms with Gasteiger partial charge in [0.2, 0.25) is 0 Å². The molecule has 1 aliphatic heterocycles. The van der Waals surface area contributed by atoms with Crippen LogP contribution in [0.3, 0.4) is 0 Å². The first-order valence-corrected chi connectivity index (χ1v) is 16.8. The van der Waals surface area contributed by atoms with E-state index in [4.69, 9.17) is 6.57 Å². The van der Waals surface area contributed by atoms with Crippen molar-refractivity contribution >= 4 is 45.0 Å². The standard InChI is InChI=1S/C46H26N4O2/c1-48-36-21-17-32(18-22-36)35-20-24-39-38-23-19-34(31-15-13-29(28-47)14-16-31)26-42(38)50(43(39)27-35)41-12-6-11-40-44(41)46(52)49(45(40)51)37-10-5-9-33(25-37)30-7-3-2-4-8-30/h2-27H. The molecule has 6 nitrogen and oxygen atoms in total. The highest BCUT2D eigenvalue weighted by atomic mass is 16.2. The van der Waals surface area contributed by atoms with Crippen molar-refractivity contribution in [3.05, 3.63) is 186 Å². The Bertz CT molecular complexity index is 2720. The van der Waals surface area contributed by atoms with Gasteiger partial charge in [0, 0.05) is 10.8 Å². The van der Waals surface area contributed by atoms with Gasteiger partial charge in [-0.2, -0.15) is 5.26 Å². The van der Waals surface area contributed by atoms with E-state index in [0.717, 1.165) is 55.2 Å². The molecule has 0 saturated heterocycles. The van der Waals surface area contributed by atoms with E-state index in [0.29, 0.717) is 33.8 Å². The highest BCUT2D eigenvalue weighted by Gasteiger charge is 2.39. The maximum atomic E-state index is 14.6. The van der Waals surface area contributed by atoms with E-state index in [9.17, 15) is 14.9 Å². The first kappa shape index (κ1) is 30.5. The van der Waals surface area contributed by atoms with Crippen LogP contribution in [-0.4, -0.2) is 16.4 Å². The van der Waals surface area contributed by atoms with Crippen molar-refractivity contribution in [1.82, 2.24) is 4.57 Å². The SMILES string of the molecule is [C-]#[N+]c1ccc(-c2ccc3c4ccc(-c5ccc(C#N)cc5)cc4n(-c4cccc5c4C(=O)N(c4cccc(-c6ccccc6)c4)C5=O)c3c2)cc1. The van der Waals surface area contributed by atoms with Crippen molar-refractivity contribution in [3.63, 3.8) is 0 Å². The van der Waals surface area contributed by atoms with Crippen LogP contribution in [0.4, 0.5) is 11.4 Å². The van der Waals surface area contributed by atoms with Gasteiger partial charge in [-0.25, -0.2) is 9.74 Å². The number of carbonyl (C=O) groups excluding carboxylic acids is 2. The second-order valence-corrected chi connectivity index (χ2v) is 12.7. The topological polar surface area (TPSA) is 70.5 Å². The van der Waals surface area contributed by atoms with E-state index >= 15 is 0 Å². The second kappa shape index (κ2) is 12.1. The van der Waals surface area contributed by atoms with Gasteiger partial charge in [-0.3, -0.25) is 9.59 Å². The van der Waals surface area contributed by atoms with Crippen molar-refractivity contribution in [1.29, 1.82) is 5.26 Å². The Balaban J connectivity index is 1.26. The lowest BCUT2D eigenvalue weighted by atomic mass is 10.0. The van der Waals surface area contributed by atoms with E-state index in [-0.39, 0.29) is 11.8 Å². The molecule has 2 amide bonds. The molecule has 0 bridgehead atoms. The van der Waals surface area contributed by atoms with Crippen molar-refractivity contribution in [2.45, 2.75) is 0 Å². The molecule has 6 heteroatoms. The van der Waals surface area contributed by atoms with Crippen LogP contribution in [0.15, 0.2) is 158 Å². The van der Waals surface area contributed by atoms with Gasteiger partial charge in [0.15, 0.2) is 5.69 Å². The number of anilines is 1. The maximum Gasteiger partial charge on any atom is 0.268 e. The van der Waals surface area contributed by atoms with Crippen molar-refractivity contribution < 1.29 is 9.59 Å². The van der Waals surface area contributed by atoms with Gasteiger partial charge in [-0.15, -0.1) is 0 Å². The van der Waals surface area contributed by atoms with Gasteiger partial charge in [0.25, 0.3) is 11.8 Å². The van der Waals surface area contributed by atoms with Gasteiger partial charge in [0.05, 0.1) is 51.7 Å². The number of carbonyl (C=O) groups is 2. The lowest BCUT2D eigenvalue weighted by Crippen LogP contribution is -2.29. The Labute approximate surface area is 299 Å². The molecule has 0 saturated carbocycles. The van der Waals surface area contributed by atoms with Gasteiger partial charge in [-0.1, -0.05) is 109 Å². The largest absolute Gasteiger partial charge is 0.308 e. The fourth-order valence-electron chi connectivity index (χ4n) is 7.25. The summed E-state index contributed by atoms with van der Waals surface area (Å²) in [5.74, 6) is -0.753. The average Bonchev–Trinajstić information content (AvgIpc) is 3.67. The maximum absolute atomic E-state index is 14.6. The van der Waals surface area contributed by atoms with Crippen LogP contribution in [0.5, 0.6) is 0 Å². The summed E-state index contributed by atoms with van der Waals surface area (Å²) >= 11 is 0. The highest BCUT2D eigenvalue weighted by molar-refractivity contribution is 6.36. The average molecular weight is 667 g/mol. The molecule has 2 heterocycles. The summed E-state index contributed by atoms with van der Waals surface area (Å²) in [6.07, 6.45) is 0. The van der Waals surface area contributed by atoms with E-state index in [2.05, 4.69) is 51.9 Å². The van der Waals surface area contributed by atoms with Gasteiger partial charge >= 0.3 is 0 Å². The summed E-state index contributed by atoms with van der Waals surface area (Å²) in [7, 11) is 0. The smallest absolute Gasteiger partial charge is 0.268 e. The number of hydrogen-bond donors (Lipinski definition) is 0. The lowest BCUT2D eigenvalue weighted by molar-refractivity contribution is 0.0926. The van der Waals surface area contributed by atoms with Crippen LogP contribution in [0, 0.1) is 17.9 Å². The Kier molecular flexibility index (Phi) is 7.10. The third-order valence-electron chi connectivity index (χ3n) is 9.79. The number of benzene rings is 7. The third kappa shape index (κ3) is 4.87. The van der Waals surface area contributed by atoms with Crippen LogP contribution in [-0.2, 0) is 0 Å². The Morgan fingerprint density at radius 2 is 1.10 bits per heavy atom. The number of rotatable bonds is 5. The molecule has 0 atom stereocenters. The second-order valence-electron chi connectivity index (χ2n) is 12.7. The van der Waals surface area contributed by atoms with Crippen LogP contribution in [0.1, 0.15) is 26.3 Å². The fraction of sp³-hybridized carbons (Fsp3) is 0. The Hall–Kier alpha value is -7.54. The van der Waals surface area contributed by atoms with Crippen LogP contribution in [0.25, 0.3) is 65.7 Å². The summed E-state index contributed by atoms with van der Waals surface area (Å²) in [6.45, 7) is 7.37. The van der Waals surface area contributed by atoms with Crippen molar-refractivity contribution in [2.24, 2.45) is 0 Å². The Morgan fingerprint density at radius 1 is 0.538 bits per heavy atom. The predicted octanol–water partition coefficient (Wildman–Crippen LogP) is 11.0. The molecule has 7 aromatic carbocycles. The highest BCUT2D eigenvalue weighted by Crippen LogP contribution is 2.41. The summed E-state index contributed by atoms with van der Waals surface area (Å²) < 4.78 is 2.09. The minimum absolute atomic E-state index is 0.340. The number of hydrogen-bond acceptors (Lipinski definition) is 3. The summed E-state index contributed by atoms with van der Waals surface area (Å²) in [5, 5.41) is 11.3. The zero-order valence-electron chi connectivity index (χ0n) is 27.6. The molecule has 1 aromatic heterocycles. The molecule has 1 aliphatic rings. The first-order valence-electron chi connectivity index (χ1n) is 16.8. The summed E-state index contributed by atoms with van der Waals surface area (Å²) in [4.78, 5) is 33.5. The van der Waals surface area contributed by atoms with Crippen molar-refractivity contribution in [3.8, 4) is 45.1 Å². The zero-order valence-corrected chi connectivity index (χ0v) is 27.6. The molecule has 242 valence electrons. The summed E-state index contributed by atoms with van der Waals surface area (Å²) in [6, 6.07) is 52.5. The lowest BCUT2D eigenvalue weighted by Gasteiger charge is -2.16. The number of fused-ring (bicyclic) bond motifs is 4. The molecule has 0 spiro atoms. The molecular weight excluding hydrogens is 641 g/mol. The van der Waals surface area contributed by atoms with E-state index in [1.807, 2.05) is 97.1 Å². The molecule has 0 fully saturated rings. The summed E-state index contributed by atoms with van der Waals surface area (Å²) in [5.41, 5.74) is 10.4. The Morgan fingerprint density at radius 3 is 1.73 bits per heavy atom. The number of aromatic nitrogens is 1. The van der Waals surface area contributed by atoms with Gasteiger partial charge in [-0.05, 0) is 81.9 Å². The van der Waals surface area contributed by atoms with E-state index in [1.165, 1.54) is 4.90 Å². The number of nitriles is 1. The van der Waals surface area contributed by atoms with Crippen LogP contribution in [0.2, 0.25) is 0 Å². The van der Waals surface area contributed by atoms with Crippen LogP contribution < -0.4 is 4.90 Å². The molecule has 0 radical (unpaired) electrons. The monoisotopic (exact) mass is 666 g/mol. The molecule has 8 aromatic rings. The minimum Gasteiger partial charge on any atom is -0.308 e. The van der Waals surface area contributed by atoms with Crippen molar-refractivity contribution in [2.75, 3.05) is 4.90 Å². The molecular formula is C46H26N4O2. The predicted molar refractivity (Wildman–Crippen MR) is 206 cm³/mol. The first-order chi connectivity index (χ1) is 25.5. The fourth-order valence-corrected chi connectivity index (χ4v) is 7.25. The van der Waals surface area contributed by atoms with Gasteiger partial charge < -0.3 is 4.57 Å². The molecule has 0 aliphatic carbocycles. The number of nitrogens with zero attached hydrogens (tertiary/aromatic N) is 4. The van der Waals surface area contributed by atoms with E-state index in [1.54, 1.807) is 24.3 Å². The normalized spacial score (nSPS) is 12.2. The van der Waals surface area contributed by atoms with Crippen LogP contribution >= 0.6 is 0 Å². The minimum atomic E-state index is -0.384.